The molecule has 3 rings (SSSR count). The lowest BCUT2D eigenvalue weighted by Gasteiger charge is -2.21. The fourth-order valence-electron chi connectivity index (χ4n) is 3.27. The van der Waals surface area contributed by atoms with Crippen LogP contribution in [0.15, 0.2) is 42.5 Å². The molecule has 0 bridgehead atoms. The minimum absolute atomic E-state index is 0.0533. The van der Waals surface area contributed by atoms with Crippen LogP contribution in [0.4, 0.5) is 5.69 Å². The first-order chi connectivity index (χ1) is 12.9. The van der Waals surface area contributed by atoms with Crippen LogP contribution in [0.2, 0.25) is 5.02 Å². The summed E-state index contributed by atoms with van der Waals surface area (Å²) in [6, 6.07) is 10.9. The molecule has 1 heterocycles. The van der Waals surface area contributed by atoms with Gasteiger partial charge in [-0.25, -0.2) is 0 Å². The first-order valence-corrected chi connectivity index (χ1v) is 8.99. The van der Waals surface area contributed by atoms with E-state index in [9.17, 15) is 14.9 Å². The van der Waals surface area contributed by atoms with Crippen molar-refractivity contribution >= 4 is 23.2 Å². The Bertz CT molecular complexity index is 857. The third-order valence-corrected chi connectivity index (χ3v) is 4.94. The molecular formula is C19H20ClN3O4. The topological polar surface area (TPSA) is 98.7 Å². The second-order valence-electron chi connectivity index (χ2n) is 6.64. The number of benzene rings is 2. The quantitative estimate of drug-likeness (QED) is 0.618. The summed E-state index contributed by atoms with van der Waals surface area (Å²) in [7, 11) is 0. The predicted molar refractivity (Wildman–Crippen MR) is 102 cm³/mol. The number of hydrogen-bond donors (Lipinski definition) is 1. The first kappa shape index (κ1) is 19.1. The Morgan fingerprint density at radius 3 is 2.63 bits per heavy atom. The Hall–Kier alpha value is -2.64. The molecule has 0 spiro atoms. The summed E-state index contributed by atoms with van der Waals surface area (Å²) in [5.41, 5.74) is 6.04. The largest absolute Gasteiger partial charge is 0.450 e. The normalized spacial score (nSPS) is 19.1. The summed E-state index contributed by atoms with van der Waals surface area (Å²) in [5.74, 6) is 0.758. The summed E-state index contributed by atoms with van der Waals surface area (Å²) < 4.78 is 5.60. The van der Waals surface area contributed by atoms with Crippen LogP contribution in [0.3, 0.4) is 0 Å². The number of nitrogens with two attached hydrogens (primary N) is 1. The standard InChI is InChI=1S/C19H20ClN3O4/c1-12-8-13(10-21)11-22(12)19(24)14-2-5-16(6-3-14)27-18-7-4-15(20)9-17(18)23(25)26/h2-7,9,12-13H,8,10-11,21H2,1H3. The number of halogens is 1. The molecule has 1 aliphatic rings. The van der Waals surface area contributed by atoms with E-state index in [1.165, 1.54) is 18.2 Å². The molecule has 0 aliphatic carbocycles. The first-order valence-electron chi connectivity index (χ1n) is 8.62. The molecule has 0 aromatic heterocycles. The van der Waals surface area contributed by atoms with Gasteiger partial charge in [0.2, 0.25) is 5.75 Å². The molecule has 0 radical (unpaired) electrons. The van der Waals surface area contributed by atoms with Gasteiger partial charge in [0, 0.05) is 29.2 Å². The highest BCUT2D eigenvalue weighted by Crippen LogP contribution is 2.34. The van der Waals surface area contributed by atoms with Gasteiger partial charge in [-0.05, 0) is 62.2 Å². The zero-order valence-electron chi connectivity index (χ0n) is 14.8. The van der Waals surface area contributed by atoms with Crippen LogP contribution < -0.4 is 10.5 Å². The zero-order chi connectivity index (χ0) is 19.6. The Labute approximate surface area is 161 Å². The molecular weight excluding hydrogens is 370 g/mol. The molecule has 2 aromatic carbocycles. The smallest absolute Gasteiger partial charge is 0.313 e. The van der Waals surface area contributed by atoms with Crippen LogP contribution in [0.5, 0.6) is 11.5 Å². The summed E-state index contributed by atoms with van der Waals surface area (Å²) >= 11 is 5.80. The maximum absolute atomic E-state index is 12.7. The van der Waals surface area contributed by atoms with E-state index in [2.05, 4.69) is 0 Å². The number of carbonyl (C=O) groups is 1. The van der Waals surface area contributed by atoms with E-state index in [-0.39, 0.29) is 28.4 Å². The predicted octanol–water partition coefficient (Wildman–Crippen LogP) is 3.85. The molecule has 1 amide bonds. The molecule has 1 fully saturated rings. The van der Waals surface area contributed by atoms with Crippen molar-refractivity contribution < 1.29 is 14.5 Å². The van der Waals surface area contributed by atoms with Gasteiger partial charge in [0.25, 0.3) is 5.91 Å². The molecule has 2 aromatic rings. The van der Waals surface area contributed by atoms with Crippen molar-refractivity contribution in [2.24, 2.45) is 11.7 Å². The lowest BCUT2D eigenvalue weighted by Crippen LogP contribution is -2.34. The average molecular weight is 390 g/mol. The van der Waals surface area contributed by atoms with E-state index >= 15 is 0 Å². The molecule has 8 heteroatoms. The molecule has 142 valence electrons. The van der Waals surface area contributed by atoms with E-state index in [1.807, 2.05) is 11.8 Å². The number of hydrogen-bond acceptors (Lipinski definition) is 5. The summed E-state index contributed by atoms with van der Waals surface area (Å²) in [4.78, 5) is 25.1. The van der Waals surface area contributed by atoms with Crippen molar-refractivity contribution in [3.8, 4) is 11.5 Å². The van der Waals surface area contributed by atoms with E-state index < -0.39 is 4.92 Å². The van der Waals surface area contributed by atoms with Gasteiger partial charge in [-0.1, -0.05) is 11.6 Å². The Morgan fingerprint density at radius 2 is 2.04 bits per heavy atom. The summed E-state index contributed by atoms with van der Waals surface area (Å²) in [6.45, 7) is 3.25. The van der Waals surface area contributed by atoms with Crippen molar-refractivity contribution in [1.82, 2.24) is 4.90 Å². The number of likely N-dealkylation sites (tertiary alicyclic amines) is 1. The second-order valence-corrected chi connectivity index (χ2v) is 7.08. The highest BCUT2D eigenvalue weighted by atomic mass is 35.5. The fraction of sp³-hybridized carbons (Fsp3) is 0.316. The number of nitro groups is 1. The summed E-state index contributed by atoms with van der Waals surface area (Å²) in [5, 5.41) is 11.4. The minimum Gasteiger partial charge on any atom is -0.450 e. The van der Waals surface area contributed by atoms with E-state index in [0.29, 0.717) is 30.3 Å². The monoisotopic (exact) mass is 389 g/mol. The average Bonchev–Trinajstić information content (AvgIpc) is 3.04. The van der Waals surface area contributed by atoms with Gasteiger partial charge in [-0.3, -0.25) is 14.9 Å². The number of rotatable bonds is 5. The number of nitrogens with zero attached hydrogens (tertiary/aromatic N) is 2. The molecule has 0 saturated carbocycles. The Morgan fingerprint density at radius 1 is 1.33 bits per heavy atom. The van der Waals surface area contributed by atoms with Gasteiger partial charge in [-0.15, -0.1) is 0 Å². The van der Waals surface area contributed by atoms with Crippen molar-refractivity contribution in [2.45, 2.75) is 19.4 Å². The van der Waals surface area contributed by atoms with Gasteiger partial charge < -0.3 is 15.4 Å². The van der Waals surface area contributed by atoms with Crippen LogP contribution in [0.1, 0.15) is 23.7 Å². The molecule has 7 nitrogen and oxygen atoms in total. The minimum atomic E-state index is -0.554. The maximum Gasteiger partial charge on any atom is 0.313 e. The molecule has 1 aliphatic heterocycles. The van der Waals surface area contributed by atoms with Crippen molar-refractivity contribution in [1.29, 1.82) is 0 Å². The number of amides is 1. The lowest BCUT2D eigenvalue weighted by atomic mass is 10.1. The Balaban J connectivity index is 1.75. The molecule has 27 heavy (non-hydrogen) atoms. The second kappa shape index (κ2) is 7.94. The highest BCUT2D eigenvalue weighted by Gasteiger charge is 2.32. The van der Waals surface area contributed by atoms with E-state index in [1.54, 1.807) is 24.3 Å². The SMILES string of the molecule is CC1CC(CN)CN1C(=O)c1ccc(Oc2ccc(Cl)cc2[N+](=O)[O-])cc1. The van der Waals surface area contributed by atoms with Crippen molar-refractivity contribution in [2.75, 3.05) is 13.1 Å². The van der Waals surface area contributed by atoms with Gasteiger partial charge >= 0.3 is 5.69 Å². The van der Waals surface area contributed by atoms with Gasteiger partial charge in [0.1, 0.15) is 5.75 Å². The van der Waals surface area contributed by atoms with Gasteiger partial charge in [0.05, 0.1) is 4.92 Å². The molecule has 2 atom stereocenters. The van der Waals surface area contributed by atoms with E-state index in [0.717, 1.165) is 6.42 Å². The van der Waals surface area contributed by atoms with Gasteiger partial charge in [0.15, 0.2) is 0 Å². The zero-order valence-corrected chi connectivity index (χ0v) is 15.6. The molecule has 1 saturated heterocycles. The van der Waals surface area contributed by atoms with Crippen LogP contribution in [0.25, 0.3) is 0 Å². The third kappa shape index (κ3) is 4.20. The number of ether oxygens (including phenoxy) is 1. The van der Waals surface area contributed by atoms with Crippen molar-refractivity contribution in [3.05, 3.63) is 63.2 Å². The van der Waals surface area contributed by atoms with E-state index in [4.69, 9.17) is 22.1 Å². The van der Waals surface area contributed by atoms with Crippen LogP contribution in [-0.4, -0.2) is 34.9 Å². The fourth-order valence-corrected chi connectivity index (χ4v) is 3.44. The number of carbonyl (C=O) groups excluding carboxylic acids is 1. The molecule has 2 N–H and O–H groups in total. The van der Waals surface area contributed by atoms with Crippen LogP contribution >= 0.6 is 11.6 Å². The van der Waals surface area contributed by atoms with Crippen LogP contribution in [0, 0.1) is 16.0 Å². The highest BCUT2D eigenvalue weighted by molar-refractivity contribution is 6.30. The van der Waals surface area contributed by atoms with Gasteiger partial charge in [-0.2, -0.15) is 0 Å². The summed E-state index contributed by atoms with van der Waals surface area (Å²) in [6.07, 6.45) is 0.906. The van der Waals surface area contributed by atoms with Crippen molar-refractivity contribution in [3.63, 3.8) is 0 Å². The lowest BCUT2D eigenvalue weighted by molar-refractivity contribution is -0.385. The third-order valence-electron chi connectivity index (χ3n) is 4.70. The number of nitro benzene ring substituents is 1. The molecule has 2 unspecified atom stereocenters. The Kier molecular flexibility index (Phi) is 5.62. The van der Waals surface area contributed by atoms with Crippen LogP contribution in [-0.2, 0) is 0 Å². The maximum atomic E-state index is 12.7.